The molecule has 0 heterocycles. The average molecular weight is 336 g/mol. The molecule has 0 aliphatic rings. The number of nitrogens with one attached hydrogen (secondary N) is 1. The average Bonchev–Trinajstić information content (AvgIpc) is 2.10. The lowest BCUT2D eigenvalue weighted by molar-refractivity contribution is 0.0506. The number of ether oxygens (including phenoxy) is 1. The van der Waals surface area contributed by atoms with Crippen LogP contribution in [0.4, 0.5) is 13.6 Å². The molecule has 6 heteroatoms. The van der Waals surface area contributed by atoms with Crippen LogP contribution in [0.3, 0.4) is 0 Å². The quantitative estimate of drug-likeness (QED) is 0.874. The van der Waals surface area contributed by atoms with Gasteiger partial charge in [0.15, 0.2) is 0 Å². The third-order valence-electron chi connectivity index (χ3n) is 2.21. The van der Waals surface area contributed by atoms with E-state index in [9.17, 15) is 13.6 Å². The Labute approximate surface area is 119 Å². The molecule has 0 aromatic heterocycles. The number of hydrogen-bond acceptors (Lipinski definition) is 2. The summed E-state index contributed by atoms with van der Waals surface area (Å²) in [6.45, 7) is 6.60. The van der Waals surface area contributed by atoms with Gasteiger partial charge in [0.1, 0.15) is 17.2 Å². The van der Waals surface area contributed by atoms with Crippen LogP contribution in [-0.4, -0.2) is 11.7 Å². The van der Waals surface area contributed by atoms with Gasteiger partial charge in [0.25, 0.3) is 0 Å². The maximum atomic E-state index is 13.7. The maximum absolute atomic E-state index is 13.7. The zero-order chi connectivity index (χ0) is 14.8. The summed E-state index contributed by atoms with van der Waals surface area (Å²) in [6.07, 6.45) is -0.721. The van der Waals surface area contributed by atoms with Crippen molar-refractivity contribution < 1.29 is 18.3 Å². The van der Waals surface area contributed by atoms with E-state index in [1.165, 1.54) is 6.92 Å². The Kier molecular flexibility index (Phi) is 4.90. The molecule has 0 aliphatic heterocycles. The first-order valence-electron chi connectivity index (χ1n) is 5.74. The zero-order valence-electron chi connectivity index (χ0n) is 11.2. The van der Waals surface area contributed by atoms with Gasteiger partial charge in [-0.15, -0.1) is 0 Å². The molecule has 0 fully saturated rings. The van der Waals surface area contributed by atoms with Crippen molar-refractivity contribution in [1.82, 2.24) is 5.32 Å². The van der Waals surface area contributed by atoms with Crippen LogP contribution in [0.25, 0.3) is 0 Å². The lowest BCUT2D eigenvalue weighted by atomic mass is 10.1. The van der Waals surface area contributed by atoms with E-state index in [1.807, 2.05) is 0 Å². The molecule has 0 saturated heterocycles. The Balaban J connectivity index is 2.85. The molecule has 1 aromatic carbocycles. The van der Waals surface area contributed by atoms with Gasteiger partial charge in [0, 0.05) is 10.0 Å². The standard InChI is InChI=1S/C13H16BrF2NO2/c1-7(17-12(18)19-13(2,3)4)11-9(15)5-8(14)6-10(11)16/h5-7H,1-4H3,(H,17,18)/t7-/m1/s1. The second kappa shape index (κ2) is 5.86. The number of alkyl carbamates (subject to hydrolysis) is 1. The largest absolute Gasteiger partial charge is 0.444 e. The molecule has 0 spiro atoms. The molecule has 1 amide bonds. The molecule has 0 bridgehead atoms. The number of carbonyl (C=O) groups is 1. The van der Waals surface area contributed by atoms with Crippen molar-refractivity contribution >= 4 is 22.0 Å². The van der Waals surface area contributed by atoms with Gasteiger partial charge in [-0.1, -0.05) is 15.9 Å². The number of benzene rings is 1. The van der Waals surface area contributed by atoms with Gasteiger partial charge >= 0.3 is 6.09 Å². The van der Waals surface area contributed by atoms with Crippen LogP contribution in [0.15, 0.2) is 16.6 Å². The minimum Gasteiger partial charge on any atom is -0.444 e. The van der Waals surface area contributed by atoms with Crippen molar-refractivity contribution in [2.24, 2.45) is 0 Å². The van der Waals surface area contributed by atoms with E-state index in [0.29, 0.717) is 4.47 Å². The maximum Gasteiger partial charge on any atom is 0.408 e. The van der Waals surface area contributed by atoms with Crippen molar-refractivity contribution in [3.8, 4) is 0 Å². The topological polar surface area (TPSA) is 38.3 Å². The Morgan fingerprint density at radius 1 is 1.32 bits per heavy atom. The van der Waals surface area contributed by atoms with Crippen LogP contribution in [0.5, 0.6) is 0 Å². The van der Waals surface area contributed by atoms with Gasteiger partial charge in [-0.05, 0) is 39.8 Å². The predicted molar refractivity (Wildman–Crippen MR) is 71.8 cm³/mol. The highest BCUT2D eigenvalue weighted by Crippen LogP contribution is 2.25. The lowest BCUT2D eigenvalue weighted by Crippen LogP contribution is -2.34. The fourth-order valence-corrected chi connectivity index (χ4v) is 1.93. The van der Waals surface area contributed by atoms with E-state index in [2.05, 4.69) is 21.2 Å². The first kappa shape index (κ1) is 15.9. The number of carbonyl (C=O) groups excluding carboxylic acids is 1. The molecule has 0 unspecified atom stereocenters. The van der Waals surface area contributed by atoms with Gasteiger partial charge in [-0.2, -0.15) is 0 Å². The van der Waals surface area contributed by atoms with E-state index in [-0.39, 0.29) is 5.56 Å². The summed E-state index contributed by atoms with van der Waals surface area (Å²) in [5.41, 5.74) is -0.866. The molecule has 1 N–H and O–H groups in total. The van der Waals surface area contributed by atoms with Gasteiger partial charge in [0.2, 0.25) is 0 Å². The molecular formula is C13H16BrF2NO2. The molecule has 0 saturated carbocycles. The lowest BCUT2D eigenvalue weighted by Gasteiger charge is -2.22. The third kappa shape index (κ3) is 4.78. The fraction of sp³-hybridized carbons (Fsp3) is 0.462. The van der Waals surface area contributed by atoms with Gasteiger partial charge in [-0.3, -0.25) is 0 Å². The highest BCUT2D eigenvalue weighted by molar-refractivity contribution is 9.10. The molecule has 1 rings (SSSR count). The fourth-order valence-electron chi connectivity index (χ4n) is 1.52. The molecule has 3 nitrogen and oxygen atoms in total. The van der Waals surface area contributed by atoms with Gasteiger partial charge in [-0.25, -0.2) is 13.6 Å². The number of hydrogen-bond donors (Lipinski definition) is 1. The van der Waals surface area contributed by atoms with Crippen LogP contribution in [-0.2, 0) is 4.74 Å². The van der Waals surface area contributed by atoms with Crippen LogP contribution >= 0.6 is 15.9 Å². The normalized spacial score (nSPS) is 13.0. The van der Waals surface area contributed by atoms with Crippen LogP contribution in [0.1, 0.15) is 39.3 Å². The summed E-state index contributed by atoms with van der Waals surface area (Å²) in [5, 5.41) is 2.40. The van der Waals surface area contributed by atoms with Crippen molar-refractivity contribution in [2.45, 2.75) is 39.3 Å². The molecular weight excluding hydrogens is 320 g/mol. The second-order valence-electron chi connectivity index (χ2n) is 5.15. The first-order chi connectivity index (χ1) is 8.60. The summed E-state index contributed by atoms with van der Waals surface area (Å²) in [6, 6.07) is 1.46. The molecule has 1 aromatic rings. The Bertz CT molecular complexity index is 463. The van der Waals surface area contributed by atoms with Crippen LogP contribution in [0, 0.1) is 11.6 Å². The monoisotopic (exact) mass is 335 g/mol. The summed E-state index contributed by atoms with van der Waals surface area (Å²) in [5.74, 6) is -1.45. The van der Waals surface area contributed by atoms with Gasteiger partial charge < -0.3 is 10.1 Å². The van der Waals surface area contributed by atoms with Crippen LogP contribution in [0.2, 0.25) is 0 Å². The Morgan fingerprint density at radius 2 is 1.79 bits per heavy atom. The molecule has 19 heavy (non-hydrogen) atoms. The SMILES string of the molecule is C[C@@H](NC(=O)OC(C)(C)C)c1c(F)cc(Br)cc1F. The van der Waals surface area contributed by atoms with E-state index in [4.69, 9.17) is 4.74 Å². The van der Waals surface area contributed by atoms with Crippen molar-refractivity contribution in [3.05, 3.63) is 33.8 Å². The molecule has 106 valence electrons. The minimum atomic E-state index is -0.831. The third-order valence-corrected chi connectivity index (χ3v) is 2.67. The minimum absolute atomic E-state index is 0.200. The number of halogens is 3. The summed E-state index contributed by atoms with van der Waals surface area (Å²) >= 11 is 2.99. The highest BCUT2D eigenvalue weighted by Gasteiger charge is 2.22. The Hall–Kier alpha value is -1.17. The summed E-state index contributed by atoms with van der Waals surface area (Å²) in [4.78, 5) is 11.5. The van der Waals surface area contributed by atoms with Crippen molar-refractivity contribution in [3.63, 3.8) is 0 Å². The Morgan fingerprint density at radius 3 is 2.21 bits per heavy atom. The number of rotatable bonds is 2. The summed E-state index contributed by atoms with van der Waals surface area (Å²) < 4.78 is 32.7. The predicted octanol–water partition coefficient (Wildman–Crippen LogP) is 4.31. The number of amides is 1. The van der Waals surface area contributed by atoms with E-state index in [0.717, 1.165) is 12.1 Å². The highest BCUT2D eigenvalue weighted by atomic mass is 79.9. The molecule has 1 atom stereocenters. The van der Waals surface area contributed by atoms with E-state index in [1.54, 1.807) is 20.8 Å². The van der Waals surface area contributed by atoms with Crippen LogP contribution < -0.4 is 5.32 Å². The zero-order valence-corrected chi connectivity index (χ0v) is 12.8. The van der Waals surface area contributed by atoms with E-state index < -0.39 is 29.4 Å². The molecule has 0 aliphatic carbocycles. The van der Waals surface area contributed by atoms with Crippen molar-refractivity contribution in [2.75, 3.05) is 0 Å². The second-order valence-corrected chi connectivity index (χ2v) is 6.07. The first-order valence-corrected chi connectivity index (χ1v) is 6.53. The van der Waals surface area contributed by atoms with Crippen molar-refractivity contribution in [1.29, 1.82) is 0 Å². The van der Waals surface area contributed by atoms with Gasteiger partial charge in [0.05, 0.1) is 6.04 Å². The smallest absolute Gasteiger partial charge is 0.408 e. The molecule has 0 radical (unpaired) electrons. The van der Waals surface area contributed by atoms with E-state index >= 15 is 0 Å². The summed E-state index contributed by atoms with van der Waals surface area (Å²) in [7, 11) is 0.